The molecule has 376 valence electrons. The van der Waals surface area contributed by atoms with Gasteiger partial charge in [-0.3, -0.25) is 14.6 Å². The molecule has 3 saturated heterocycles. The average Bonchev–Trinajstić information content (AvgIpc) is 3.81. The maximum Gasteiger partial charge on any atom is 0.410 e. The Kier molecular flexibility index (Phi) is 14.3. The van der Waals surface area contributed by atoms with Gasteiger partial charge in [0.1, 0.15) is 34.0 Å². The molecule has 4 N–H and O–H groups in total. The summed E-state index contributed by atoms with van der Waals surface area (Å²) in [5.41, 5.74) is -0.266. The first-order valence-electron chi connectivity index (χ1n) is 25.1. The van der Waals surface area contributed by atoms with Crippen molar-refractivity contribution in [3.8, 4) is 17.2 Å². The maximum atomic E-state index is 14.9. The highest BCUT2D eigenvalue weighted by Gasteiger charge is 2.51. The number of aliphatic hydroxyl groups is 1. The van der Waals surface area contributed by atoms with Crippen molar-refractivity contribution in [3.05, 3.63) is 58.0 Å². The van der Waals surface area contributed by atoms with Crippen LogP contribution in [-0.2, 0) is 19.0 Å². The number of ketones is 1. The number of ether oxygens (including phenoxy) is 4. The Morgan fingerprint density at radius 3 is 2.38 bits per heavy atom. The SMILES string of the molecule is C/C1=C/C=C/[C@H](C)C[C@@H](C)C(O)[C@@H](C)C(OC(=O)N2CCOC3(CCN(C)CC3)C2)[C@H](C)C/C=C/OC2(C)Oc3c(C)c(O)c4c(O)c(c5c(c4c3C2=O)NC2(CCN(CC(C)C)CC2)N=5)=NC1=O. The van der Waals surface area contributed by atoms with E-state index in [0.29, 0.717) is 62.6 Å². The Morgan fingerprint density at radius 2 is 1.68 bits per heavy atom. The maximum absolute atomic E-state index is 14.9. The van der Waals surface area contributed by atoms with Crippen LogP contribution in [0.2, 0.25) is 0 Å². The van der Waals surface area contributed by atoms with Gasteiger partial charge in [-0.1, -0.05) is 59.8 Å². The number of aromatic hydroxyl groups is 2. The Balaban J connectivity index is 1.16. The lowest BCUT2D eigenvalue weighted by atomic mass is 9.80. The van der Waals surface area contributed by atoms with Crippen LogP contribution in [0.15, 0.2) is 46.1 Å². The van der Waals surface area contributed by atoms with Gasteiger partial charge in [-0.05, 0) is 76.3 Å². The van der Waals surface area contributed by atoms with Gasteiger partial charge in [0.2, 0.25) is 0 Å². The number of hydrogen-bond acceptors (Lipinski definition) is 14. The number of phenolic OH excluding ortho intramolecular Hbond substituents is 2. The van der Waals surface area contributed by atoms with Crippen molar-refractivity contribution in [3.63, 3.8) is 0 Å². The van der Waals surface area contributed by atoms with Crippen LogP contribution >= 0.6 is 0 Å². The summed E-state index contributed by atoms with van der Waals surface area (Å²) >= 11 is 0. The number of carbonyl (C=O) groups excluding carboxylic acids is 3. The minimum absolute atomic E-state index is 0.000841. The first-order valence-corrected chi connectivity index (χ1v) is 25.1. The fourth-order valence-electron chi connectivity index (χ4n) is 11.4. The summed E-state index contributed by atoms with van der Waals surface area (Å²) in [6.07, 6.45) is 10.5. The third-order valence-electron chi connectivity index (χ3n) is 15.6. The van der Waals surface area contributed by atoms with E-state index >= 15 is 0 Å². The van der Waals surface area contributed by atoms with Crippen LogP contribution < -0.4 is 20.8 Å². The van der Waals surface area contributed by atoms with E-state index in [4.69, 9.17) is 23.9 Å². The average molecular weight is 955 g/mol. The van der Waals surface area contributed by atoms with E-state index in [1.54, 1.807) is 37.0 Å². The van der Waals surface area contributed by atoms with Gasteiger partial charge >= 0.3 is 11.9 Å². The number of Topliss-reactive ketones (excluding diaryl/α,β-unsaturated/α-hetero) is 1. The number of allylic oxidation sites excluding steroid dienone is 4. The van der Waals surface area contributed by atoms with Crippen LogP contribution in [-0.4, -0.2) is 137 Å². The largest absolute Gasteiger partial charge is 0.507 e. The molecule has 7 aliphatic heterocycles. The van der Waals surface area contributed by atoms with Gasteiger partial charge in [-0.25, -0.2) is 9.79 Å². The van der Waals surface area contributed by atoms with E-state index in [1.165, 1.54) is 13.2 Å². The first kappa shape index (κ1) is 50.4. The molecule has 2 amide bonds. The molecule has 3 fully saturated rings. The minimum Gasteiger partial charge on any atom is -0.507 e. The van der Waals surface area contributed by atoms with Crippen LogP contribution in [0.1, 0.15) is 110 Å². The van der Waals surface area contributed by atoms with Gasteiger partial charge in [0.05, 0.1) is 47.8 Å². The monoisotopic (exact) mass is 955 g/mol. The summed E-state index contributed by atoms with van der Waals surface area (Å²) in [5.74, 6) is -4.21. The van der Waals surface area contributed by atoms with E-state index in [-0.39, 0.29) is 61.9 Å². The number of carbonyl (C=O) groups is 3. The highest BCUT2D eigenvalue weighted by Crippen LogP contribution is 2.51. The summed E-state index contributed by atoms with van der Waals surface area (Å²) in [5, 5.41) is 40.0. The van der Waals surface area contributed by atoms with Crippen molar-refractivity contribution >= 4 is 34.2 Å². The van der Waals surface area contributed by atoms with Crippen LogP contribution in [0.3, 0.4) is 0 Å². The number of hydrogen-bond donors (Lipinski definition) is 4. The predicted molar refractivity (Wildman–Crippen MR) is 262 cm³/mol. The molecule has 0 saturated carbocycles. The molecule has 7 aliphatic rings. The molecule has 2 spiro atoms. The van der Waals surface area contributed by atoms with Crippen molar-refractivity contribution in [2.24, 2.45) is 39.6 Å². The zero-order chi connectivity index (χ0) is 49.7. The zero-order valence-electron chi connectivity index (χ0n) is 42.3. The summed E-state index contributed by atoms with van der Waals surface area (Å²) in [6.45, 7) is 22.5. The lowest BCUT2D eigenvalue weighted by molar-refractivity contribution is -0.133. The van der Waals surface area contributed by atoms with Gasteiger partial charge in [-0.15, -0.1) is 0 Å². The number of benzene rings is 2. The molecule has 9 rings (SSSR count). The molecule has 16 nitrogen and oxygen atoms in total. The number of aliphatic hydroxyl groups excluding tert-OH is 1. The number of rotatable bonds is 3. The van der Waals surface area contributed by atoms with Crippen molar-refractivity contribution in [2.75, 3.05) is 64.8 Å². The Hall–Kier alpha value is -5.03. The van der Waals surface area contributed by atoms with E-state index in [0.717, 1.165) is 45.6 Å². The number of morpholine rings is 1. The third-order valence-corrected chi connectivity index (χ3v) is 15.6. The van der Waals surface area contributed by atoms with E-state index in [9.17, 15) is 29.7 Å². The van der Waals surface area contributed by atoms with Crippen LogP contribution in [0.5, 0.6) is 17.2 Å². The molecule has 7 atom stereocenters. The van der Waals surface area contributed by atoms with Crippen molar-refractivity contribution in [1.29, 1.82) is 0 Å². The molecule has 0 aromatic heterocycles. The van der Waals surface area contributed by atoms with Crippen LogP contribution in [0.4, 0.5) is 10.5 Å². The van der Waals surface area contributed by atoms with Crippen molar-refractivity contribution < 1.29 is 48.7 Å². The molecule has 2 aromatic rings. The quantitative estimate of drug-likeness (QED) is 0.243. The van der Waals surface area contributed by atoms with Crippen molar-refractivity contribution in [1.82, 2.24) is 14.7 Å². The number of piperidine rings is 2. The Morgan fingerprint density at radius 1 is 0.971 bits per heavy atom. The number of likely N-dealkylation sites (tertiary alicyclic amines) is 2. The molecule has 5 bridgehead atoms. The second-order valence-electron chi connectivity index (χ2n) is 21.7. The molecule has 0 aliphatic carbocycles. The van der Waals surface area contributed by atoms with Crippen LogP contribution in [0.25, 0.3) is 10.8 Å². The Bertz CT molecular complexity index is 2560. The number of amides is 2. The Labute approximate surface area is 406 Å². The molecule has 69 heavy (non-hydrogen) atoms. The molecular formula is C53H74N6O10. The van der Waals surface area contributed by atoms with Gasteiger partial charge in [-0.2, -0.15) is 0 Å². The van der Waals surface area contributed by atoms with Gasteiger partial charge in [0, 0.05) is 81.5 Å². The fraction of sp³-hybridized carbons (Fsp3) is 0.642. The third kappa shape index (κ3) is 9.87. The molecule has 0 radical (unpaired) electrons. The highest BCUT2D eigenvalue weighted by molar-refractivity contribution is 6.21. The zero-order valence-corrected chi connectivity index (χ0v) is 42.3. The lowest BCUT2D eigenvalue weighted by Gasteiger charge is -2.46. The normalized spacial score (nSPS) is 31.7. The van der Waals surface area contributed by atoms with Gasteiger partial charge in [0.25, 0.3) is 11.7 Å². The predicted octanol–water partition coefficient (Wildman–Crippen LogP) is 6.52. The number of phenols is 2. The molecule has 16 heteroatoms. The van der Waals surface area contributed by atoms with E-state index < -0.39 is 58.7 Å². The van der Waals surface area contributed by atoms with Gasteiger partial charge in [0.15, 0.2) is 5.75 Å². The second kappa shape index (κ2) is 19.6. The highest BCUT2D eigenvalue weighted by atomic mass is 16.7. The molecule has 7 heterocycles. The molecule has 2 aromatic carbocycles. The van der Waals surface area contributed by atoms with E-state index in [1.807, 2.05) is 33.8 Å². The molecular weight excluding hydrogens is 881 g/mol. The summed E-state index contributed by atoms with van der Waals surface area (Å²) < 4.78 is 25.3. The standard InChI is InChI=1S/C53H74N6O10/c1-30(2)28-58-22-18-53(19-23-58)55-40-37-38-44(61)36(8)47-39(37)48(63)51(9,69-47)66-25-12-15-32(4)46(68-50(65)59-24-26-67-52(29-59)16-20-57(10)21-17-52)35(7)43(60)34(6)27-31(3)13-11-14-33(5)49(64)54-42(45(38)62)41(40)56-53/h11-14,25,30-32,34-35,43,46,55,60-62H,15-24,26-29H2,1-10H3/b13-11+,25-12+,33-14-,54-42?/t31-,32+,34+,35+,43?,46?,51?/m0/s1. The topological polar surface area (TPSA) is 195 Å². The number of nitrogens with zero attached hydrogens (tertiary/aromatic N) is 5. The fourth-order valence-corrected chi connectivity index (χ4v) is 11.4. The smallest absolute Gasteiger partial charge is 0.410 e. The number of anilines is 1. The summed E-state index contributed by atoms with van der Waals surface area (Å²) in [7, 11) is 2.09. The van der Waals surface area contributed by atoms with Crippen molar-refractivity contribution in [2.45, 2.75) is 130 Å². The van der Waals surface area contributed by atoms with Gasteiger partial charge < -0.3 is 54.3 Å². The number of fused-ring (bicyclic) bond motifs is 13. The first-order chi connectivity index (χ1) is 32.6. The number of nitrogens with one attached hydrogen (secondary N) is 1. The lowest BCUT2D eigenvalue weighted by Crippen LogP contribution is -2.58. The van der Waals surface area contributed by atoms with E-state index in [2.05, 4.69) is 41.0 Å². The summed E-state index contributed by atoms with van der Waals surface area (Å²) in [6, 6.07) is 0. The second-order valence-corrected chi connectivity index (χ2v) is 21.7. The minimum atomic E-state index is -1.88. The summed E-state index contributed by atoms with van der Waals surface area (Å²) in [4.78, 5) is 59.1. The van der Waals surface area contributed by atoms with Crippen LogP contribution in [0, 0.1) is 36.5 Å². The molecule has 3 unspecified atom stereocenters.